The topological polar surface area (TPSA) is 40.1 Å². The van der Waals surface area contributed by atoms with Gasteiger partial charge < -0.3 is 19.9 Å². The summed E-state index contributed by atoms with van der Waals surface area (Å²) in [6.45, 7) is 6.11. The van der Waals surface area contributed by atoms with E-state index in [-0.39, 0.29) is 0 Å². The van der Waals surface area contributed by atoms with Crippen LogP contribution < -0.4 is 10.1 Å². The number of hydrogen-bond acceptors (Lipinski definition) is 3. The Morgan fingerprint density at radius 1 is 1.11 bits per heavy atom. The smallest absolute Gasteiger partial charge is 0.193 e. The molecule has 0 spiro atoms. The van der Waals surface area contributed by atoms with Gasteiger partial charge in [-0.3, -0.25) is 4.99 Å². The van der Waals surface area contributed by atoms with Crippen molar-refractivity contribution in [3.63, 3.8) is 0 Å². The molecule has 5 nitrogen and oxygen atoms in total. The maximum atomic E-state index is 6.03. The van der Waals surface area contributed by atoms with Crippen molar-refractivity contribution in [1.29, 1.82) is 0 Å². The SMILES string of the molecule is CN=C(NCC1CCN(C)C1)N1CCC(COc2cc(Cl)cc(Cl)c2)CC1. The van der Waals surface area contributed by atoms with Crippen molar-refractivity contribution in [1.82, 2.24) is 15.1 Å². The Morgan fingerprint density at radius 2 is 1.78 bits per heavy atom. The highest BCUT2D eigenvalue weighted by atomic mass is 35.5. The predicted molar refractivity (Wildman–Crippen MR) is 113 cm³/mol. The third-order valence-electron chi connectivity index (χ3n) is 5.49. The van der Waals surface area contributed by atoms with Crippen LogP contribution in [-0.2, 0) is 0 Å². The van der Waals surface area contributed by atoms with Crippen LogP contribution in [0.2, 0.25) is 10.0 Å². The Hall–Kier alpha value is -1.17. The van der Waals surface area contributed by atoms with Gasteiger partial charge >= 0.3 is 0 Å². The van der Waals surface area contributed by atoms with Gasteiger partial charge in [-0.15, -0.1) is 0 Å². The molecule has 1 unspecified atom stereocenters. The van der Waals surface area contributed by atoms with Gasteiger partial charge in [-0.2, -0.15) is 0 Å². The Morgan fingerprint density at radius 3 is 2.37 bits per heavy atom. The molecule has 150 valence electrons. The maximum Gasteiger partial charge on any atom is 0.193 e. The standard InChI is InChI=1S/C20H30Cl2N4O/c1-23-20(24-12-16-3-6-25(2)13-16)26-7-4-15(5-8-26)14-27-19-10-17(21)9-18(22)11-19/h9-11,15-16H,3-8,12-14H2,1-2H3,(H,23,24). The van der Waals surface area contributed by atoms with Gasteiger partial charge in [0.2, 0.25) is 0 Å². The molecule has 1 aromatic rings. The minimum absolute atomic E-state index is 0.542. The van der Waals surface area contributed by atoms with Crippen LogP contribution in [0.15, 0.2) is 23.2 Å². The molecule has 1 N–H and O–H groups in total. The molecule has 2 heterocycles. The van der Waals surface area contributed by atoms with Gasteiger partial charge in [-0.1, -0.05) is 23.2 Å². The first-order valence-corrected chi connectivity index (χ1v) is 10.5. The van der Waals surface area contributed by atoms with E-state index in [0.717, 1.165) is 50.1 Å². The molecule has 0 aliphatic carbocycles. The zero-order valence-electron chi connectivity index (χ0n) is 16.3. The molecule has 2 saturated heterocycles. The summed E-state index contributed by atoms with van der Waals surface area (Å²) in [4.78, 5) is 9.25. The van der Waals surface area contributed by atoms with E-state index in [1.807, 2.05) is 19.2 Å². The van der Waals surface area contributed by atoms with Crippen LogP contribution in [0.1, 0.15) is 19.3 Å². The van der Waals surface area contributed by atoms with Crippen molar-refractivity contribution in [2.45, 2.75) is 19.3 Å². The first kappa shape index (κ1) is 20.6. The van der Waals surface area contributed by atoms with Crippen LogP contribution in [0.25, 0.3) is 0 Å². The van der Waals surface area contributed by atoms with Gasteiger partial charge in [-0.25, -0.2) is 0 Å². The molecule has 2 fully saturated rings. The fraction of sp³-hybridized carbons (Fsp3) is 0.650. The molecule has 0 radical (unpaired) electrons. The Labute approximate surface area is 172 Å². The van der Waals surface area contributed by atoms with Gasteiger partial charge in [-0.05, 0) is 62.9 Å². The first-order valence-electron chi connectivity index (χ1n) is 9.76. The highest BCUT2D eigenvalue weighted by Crippen LogP contribution is 2.26. The first-order chi connectivity index (χ1) is 13.0. The zero-order valence-corrected chi connectivity index (χ0v) is 17.8. The number of likely N-dealkylation sites (tertiary alicyclic amines) is 2. The van der Waals surface area contributed by atoms with Gasteiger partial charge in [0, 0.05) is 43.3 Å². The minimum atomic E-state index is 0.542. The third-order valence-corrected chi connectivity index (χ3v) is 5.92. The van der Waals surface area contributed by atoms with Crippen molar-refractivity contribution in [3.8, 4) is 5.75 Å². The maximum absolute atomic E-state index is 6.03. The fourth-order valence-corrected chi connectivity index (χ4v) is 4.40. The number of halogens is 2. The molecule has 2 aliphatic rings. The van der Waals surface area contributed by atoms with Gasteiger partial charge in [0.1, 0.15) is 5.75 Å². The second-order valence-electron chi connectivity index (χ2n) is 7.69. The average molecular weight is 413 g/mol. The second kappa shape index (κ2) is 9.85. The van der Waals surface area contributed by atoms with Gasteiger partial charge in [0.15, 0.2) is 5.96 Å². The van der Waals surface area contributed by atoms with Gasteiger partial charge in [0.25, 0.3) is 0 Å². The second-order valence-corrected chi connectivity index (χ2v) is 8.56. The summed E-state index contributed by atoms with van der Waals surface area (Å²) in [7, 11) is 4.07. The average Bonchev–Trinajstić information content (AvgIpc) is 3.06. The highest BCUT2D eigenvalue weighted by molar-refractivity contribution is 6.34. The summed E-state index contributed by atoms with van der Waals surface area (Å²) in [5, 5.41) is 4.79. The Balaban J connectivity index is 1.40. The molecule has 7 heteroatoms. The van der Waals surface area contributed by atoms with Crippen molar-refractivity contribution in [2.75, 3.05) is 53.4 Å². The quantitative estimate of drug-likeness (QED) is 0.592. The van der Waals surface area contributed by atoms with E-state index in [9.17, 15) is 0 Å². The Bertz CT molecular complexity index is 627. The molecular weight excluding hydrogens is 383 g/mol. The van der Waals surface area contributed by atoms with E-state index in [0.29, 0.717) is 22.6 Å². The lowest BCUT2D eigenvalue weighted by atomic mass is 9.98. The molecule has 1 aromatic carbocycles. The summed E-state index contributed by atoms with van der Waals surface area (Å²) in [6, 6.07) is 5.35. The lowest BCUT2D eigenvalue weighted by Crippen LogP contribution is -2.47. The summed E-state index contributed by atoms with van der Waals surface area (Å²) in [5.41, 5.74) is 0. The Kier molecular flexibility index (Phi) is 7.50. The van der Waals surface area contributed by atoms with Crippen molar-refractivity contribution in [2.24, 2.45) is 16.8 Å². The van der Waals surface area contributed by atoms with Crippen LogP contribution in [-0.4, -0.2) is 69.2 Å². The van der Waals surface area contributed by atoms with E-state index >= 15 is 0 Å². The summed E-state index contributed by atoms with van der Waals surface area (Å²) in [6.07, 6.45) is 3.47. The van der Waals surface area contributed by atoms with Crippen molar-refractivity contribution >= 4 is 29.2 Å². The third kappa shape index (κ3) is 6.16. The van der Waals surface area contributed by atoms with Crippen LogP contribution in [0, 0.1) is 11.8 Å². The summed E-state index contributed by atoms with van der Waals surface area (Å²) >= 11 is 12.1. The van der Waals surface area contributed by atoms with Gasteiger partial charge in [0.05, 0.1) is 6.61 Å². The lowest BCUT2D eigenvalue weighted by Gasteiger charge is -2.34. The number of aliphatic imine (C=N–C) groups is 1. The minimum Gasteiger partial charge on any atom is -0.493 e. The molecule has 0 amide bonds. The molecular formula is C20H30Cl2N4O. The fourth-order valence-electron chi connectivity index (χ4n) is 3.90. The van der Waals surface area contributed by atoms with E-state index in [2.05, 4.69) is 27.2 Å². The molecule has 0 aromatic heterocycles. The highest BCUT2D eigenvalue weighted by Gasteiger charge is 2.24. The number of rotatable bonds is 5. The number of piperidine rings is 1. The summed E-state index contributed by atoms with van der Waals surface area (Å²) in [5.74, 6) is 3.04. The number of hydrogen-bond donors (Lipinski definition) is 1. The zero-order chi connectivity index (χ0) is 19.2. The molecule has 2 aliphatic heterocycles. The number of nitrogens with zero attached hydrogens (tertiary/aromatic N) is 3. The van der Waals surface area contributed by atoms with E-state index in [1.54, 1.807) is 6.07 Å². The lowest BCUT2D eigenvalue weighted by molar-refractivity contribution is 0.179. The van der Waals surface area contributed by atoms with Crippen molar-refractivity contribution in [3.05, 3.63) is 28.2 Å². The molecule has 1 atom stereocenters. The molecule has 3 rings (SSSR count). The molecule has 0 saturated carbocycles. The van der Waals surface area contributed by atoms with E-state index in [1.165, 1.54) is 19.5 Å². The van der Waals surface area contributed by atoms with Crippen LogP contribution in [0.4, 0.5) is 0 Å². The summed E-state index contributed by atoms with van der Waals surface area (Å²) < 4.78 is 5.92. The number of guanidine groups is 1. The molecule has 27 heavy (non-hydrogen) atoms. The normalized spacial score (nSPS) is 22.3. The molecule has 0 bridgehead atoms. The van der Waals surface area contributed by atoms with Crippen molar-refractivity contribution < 1.29 is 4.74 Å². The largest absolute Gasteiger partial charge is 0.493 e. The van der Waals surface area contributed by atoms with Crippen LogP contribution in [0.3, 0.4) is 0 Å². The van der Waals surface area contributed by atoms with E-state index < -0.39 is 0 Å². The predicted octanol–water partition coefficient (Wildman–Crippen LogP) is 3.61. The number of nitrogens with one attached hydrogen (secondary N) is 1. The number of benzene rings is 1. The number of ether oxygens (including phenoxy) is 1. The monoisotopic (exact) mass is 412 g/mol. The van der Waals surface area contributed by atoms with E-state index in [4.69, 9.17) is 27.9 Å². The van der Waals surface area contributed by atoms with Crippen LogP contribution in [0.5, 0.6) is 5.75 Å². The van der Waals surface area contributed by atoms with Crippen LogP contribution >= 0.6 is 23.2 Å².